The predicted octanol–water partition coefficient (Wildman–Crippen LogP) is 4.62. The molecule has 5 nitrogen and oxygen atoms in total. The molecule has 0 spiro atoms. The molecule has 0 radical (unpaired) electrons. The number of methoxy groups -OCH3 is 2. The number of benzene rings is 2. The highest BCUT2D eigenvalue weighted by Crippen LogP contribution is 2.43. The van der Waals surface area contributed by atoms with E-state index in [0.717, 1.165) is 54.5 Å². The van der Waals surface area contributed by atoms with Gasteiger partial charge in [0.2, 0.25) is 6.79 Å². The van der Waals surface area contributed by atoms with E-state index in [0.29, 0.717) is 12.7 Å². The van der Waals surface area contributed by atoms with E-state index in [-0.39, 0.29) is 6.04 Å². The molecule has 2 aliphatic heterocycles. The lowest BCUT2D eigenvalue weighted by molar-refractivity contribution is 0.171. The minimum atomic E-state index is 0.271. The first-order valence-electron chi connectivity index (χ1n) is 10.5. The molecule has 5 heteroatoms. The normalized spacial score (nSPS) is 18.0. The van der Waals surface area contributed by atoms with Gasteiger partial charge in [0, 0.05) is 12.6 Å². The highest BCUT2D eigenvalue weighted by Gasteiger charge is 2.31. The lowest BCUT2D eigenvalue weighted by Crippen LogP contribution is -2.37. The summed E-state index contributed by atoms with van der Waals surface area (Å²) in [5.74, 6) is 4.02. The Kier molecular flexibility index (Phi) is 5.86. The molecule has 0 saturated carbocycles. The van der Waals surface area contributed by atoms with Crippen LogP contribution in [-0.2, 0) is 12.8 Å². The number of hydrogen-bond acceptors (Lipinski definition) is 5. The lowest BCUT2D eigenvalue weighted by atomic mass is 9.87. The summed E-state index contributed by atoms with van der Waals surface area (Å²) >= 11 is 0. The fraction of sp³-hybridized carbons (Fsp3) is 0.500. The van der Waals surface area contributed by atoms with Crippen molar-refractivity contribution in [2.45, 2.75) is 39.2 Å². The summed E-state index contributed by atoms with van der Waals surface area (Å²) in [7, 11) is 3.40. The van der Waals surface area contributed by atoms with Gasteiger partial charge in [-0.1, -0.05) is 26.0 Å². The largest absolute Gasteiger partial charge is 0.493 e. The zero-order valence-electron chi connectivity index (χ0n) is 17.9. The van der Waals surface area contributed by atoms with Crippen LogP contribution in [0, 0.1) is 5.92 Å². The molecule has 1 unspecified atom stereocenters. The van der Waals surface area contributed by atoms with E-state index < -0.39 is 0 Å². The highest BCUT2D eigenvalue weighted by atomic mass is 16.7. The number of ether oxygens (including phenoxy) is 4. The van der Waals surface area contributed by atoms with E-state index >= 15 is 0 Å². The molecule has 0 N–H and O–H groups in total. The number of rotatable bonds is 7. The van der Waals surface area contributed by atoms with E-state index in [1.807, 2.05) is 12.1 Å². The van der Waals surface area contributed by atoms with Gasteiger partial charge in [0.1, 0.15) is 0 Å². The van der Waals surface area contributed by atoms with Gasteiger partial charge in [0.05, 0.1) is 14.2 Å². The molecule has 2 aromatic carbocycles. The van der Waals surface area contributed by atoms with Crippen LogP contribution in [0.2, 0.25) is 0 Å². The van der Waals surface area contributed by atoms with E-state index in [9.17, 15) is 0 Å². The minimum absolute atomic E-state index is 0.271. The SMILES string of the molecule is COc1cccc(CC2c3cc4c(cc3CCN2CCC(C)C)OCO4)c1OC. The first kappa shape index (κ1) is 19.9. The Bertz CT molecular complexity index is 864. The third-order valence-corrected chi connectivity index (χ3v) is 5.99. The van der Waals surface area contributed by atoms with Gasteiger partial charge >= 0.3 is 0 Å². The maximum Gasteiger partial charge on any atom is 0.231 e. The molecule has 0 bridgehead atoms. The third-order valence-electron chi connectivity index (χ3n) is 5.99. The molecule has 156 valence electrons. The molecular formula is C24H31NO4. The third kappa shape index (κ3) is 4.01. The minimum Gasteiger partial charge on any atom is -0.493 e. The van der Waals surface area contributed by atoms with E-state index in [1.165, 1.54) is 17.5 Å². The maximum absolute atomic E-state index is 5.72. The average molecular weight is 398 g/mol. The van der Waals surface area contributed by atoms with Crippen molar-refractivity contribution in [2.75, 3.05) is 34.1 Å². The van der Waals surface area contributed by atoms with E-state index in [4.69, 9.17) is 18.9 Å². The molecule has 1 atom stereocenters. The van der Waals surface area contributed by atoms with Gasteiger partial charge in [-0.3, -0.25) is 4.90 Å². The highest BCUT2D eigenvalue weighted by molar-refractivity contribution is 5.52. The summed E-state index contributed by atoms with van der Waals surface area (Å²) in [6.07, 6.45) is 3.09. The topological polar surface area (TPSA) is 40.2 Å². The second-order valence-electron chi connectivity index (χ2n) is 8.25. The molecule has 29 heavy (non-hydrogen) atoms. The van der Waals surface area contributed by atoms with Crippen molar-refractivity contribution in [1.82, 2.24) is 4.90 Å². The summed E-state index contributed by atoms with van der Waals surface area (Å²) in [6.45, 7) is 7.02. The second-order valence-corrected chi connectivity index (χ2v) is 8.25. The van der Waals surface area contributed by atoms with Crippen molar-refractivity contribution in [3.63, 3.8) is 0 Å². The van der Waals surface area contributed by atoms with Crippen LogP contribution < -0.4 is 18.9 Å². The number of hydrogen-bond donors (Lipinski definition) is 0. The van der Waals surface area contributed by atoms with Crippen LogP contribution in [0.15, 0.2) is 30.3 Å². The fourth-order valence-electron chi connectivity index (χ4n) is 4.40. The van der Waals surface area contributed by atoms with Gasteiger partial charge in [-0.25, -0.2) is 0 Å². The summed E-state index contributed by atoms with van der Waals surface area (Å²) in [5.41, 5.74) is 3.87. The molecule has 0 aliphatic carbocycles. The summed E-state index contributed by atoms with van der Waals surface area (Å²) in [6, 6.07) is 10.8. The van der Waals surface area contributed by atoms with Gasteiger partial charge in [-0.05, 0) is 66.6 Å². The van der Waals surface area contributed by atoms with Crippen LogP contribution in [0.3, 0.4) is 0 Å². The van der Waals surface area contributed by atoms with Crippen molar-refractivity contribution in [1.29, 1.82) is 0 Å². The smallest absolute Gasteiger partial charge is 0.231 e. The molecule has 2 aromatic rings. The van der Waals surface area contributed by atoms with Crippen LogP contribution in [0.1, 0.15) is 43.0 Å². The van der Waals surface area contributed by atoms with Crippen molar-refractivity contribution >= 4 is 0 Å². The van der Waals surface area contributed by atoms with E-state index in [1.54, 1.807) is 14.2 Å². The van der Waals surface area contributed by atoms with Crippen molar-refractivity contribution in [3.8, 4) is 23.0 Å². The maximum atomic E-state index is 5.72. The molecule has 0 saturated heterocycles. The lowest BCUT2D eigenvalue weighted by Gasteiger charge is -2.38. The van der Waals surface area contributed by atoms with Crippen LogP contribution in [-0.4, -0.2) is 39.0 Å². The Morgan fingerprint density at radius 3 is 2.62 bits per heavy atom. The standard InChI is InChI=1S/C24H31NO4/c1-16(2)8-10-25-11-9-17-13-22-23(29-15-28-22)14-19(17)20(25)12-18-6-5-7-21(26-3)24(18)27-4/h5-7,13-14,16,20H,8-12,15H2,1-4H3. The van der Waals surface area contributed by atoms with Gasteiger partial charge in [-0.2, -0.15) is 0 Å². The van der Waals surface area contributed by atoms with Crippen LogP contribution >= 0.6 is 0 Å². The molecular weight excluding hydrogens is 366 g/mol. The summed E-state index contributed by atoms with van der Waals surface area (Å²) in [5, 5.41) is 0. The van der Waals surface area contributed by atoms with Crippen molar-refractivity contribution in [3.05, 3.63) is 47.0 Å². The Hall–Kier alpha value is -2.40. The molecule has 2 aliphatic rings. The quantitative estimate of drug-likeness (QED) is 0.682. The predicted molar refractivity (Wildman–Crippen MR) is 113 cm³/mol. The van der Waals surface area contributed by atoms with Gasteiger partial charge < -0.3 is 18.9 Å². The monoisotopic (exact) mass is 397 g/mol. The Labute approximate surface area is 173 Å². The molecule has 4 rings (SSSR count). The Morgan fingerprint density at radius 1 is 1.10 bits per heavy atom. The van der Waals surface area contributed by atoms with Crippen molar-refractivity contribution < 1.29 is 18.9 Å². The number of para-hydroxylation sites is 1. The van der Waals surface area contributed by atoms with Crippen molar-refractivity contribution in [2.24, 2.45) is 5.92 Å². The molecule has 0 amide bonds. The zero-order valence-corrected chi connectivity index (χ0v) is 17.9. The van der Waals surface area contributed by atoms with Crippen LogP contribution in [0.25, 0.3) is 0 Å². The first-order chi connectivity index (χ1) is 14.1. The molecule has 0 fully saturated rings. The van der Waals surface area contributed by atoms with Crippen LogP contribution in [0.5, 0.6) is 23.0 Å². The van der Waals surface area contributed by atoms with Gasteiger partial charge in [0.15, 0.2) is 23.0 Å². The molecule has 2 heterocycles. The number of fused-ring (bicyclic) bond motifs is 2. The van der Waals surface area contributed by atoms with Crippen LogP contribution in [0.4, 0.5) is 0 Å². The fourth-order valence-corrected chi connectivity index (χ4v) is 4.40. The Balaban J connectivity index is 1.71. The zero-order chi connectivity index (χ0) is 20.4. The number of nitrogens with zero attached hydrogens (tertiary/aromatic N) is 1. The average Bonchev–Trinajstić information content (AvgIpc) is 3.18. The Morgan fingerprint density at radius 2 is 1.90 bits per heavy atom. The van der Waals surface area contributed by atoms with Gasteiger partial charge in [0.25, 0.3) is 0 Å². The second kappa shape index (κ2) is 8.54. The van der Waals surface area contributed by atoms with Gasteiger partial charge in [-0.15, -0.1) is 0 Å². The summed E-state index contributed by atoms with van der Waals surface area (Å²) < 4.78 is 22.6. The summed E-state index contributed by atoms with van der Waals surface area (Å²) in [4.78, 5) is 2.61. The first-order valence-corrected chi connectivity index (χ1v) is 10.5. The molecule has 0 aromatic heterocycles. The van der Waals surface area contributed by atoms with E-state index in [2.05, 4.69) is 36.9 Å².